The zero-order valence-corrected chi connectivity index (χ0v) is 21.3. The van der Waals surface area contributed by atoms with Crippen LogP contribution >= 0.6 is 0 Å². The molecule has 1 unspecified atom stereocenters. The van der Waals surface area contributed by atoms with Crippen LogP contribution in [0.2, 0.25) is 0 Å². The number of nitrogens with one attached hydrogen (secondary N) is 1. The third-order valence-corrected chi connectivity index (χ3v) is 5.88. The number of amides is 3. The van der Waals surface area contributed by atoms with Crippen LogP contribution < -0.4 is 11.1 Å². The van der Waals surface area contributed by atoms with Crippen molar-refractivity contribution in [2.24, 2.45) is 0 Å². The monoisotopic (exact) mass is 509 g/mol. The topological polar surface area (TPSA) is 148 Å². The van der Waals surface area contributed by atoms with E-state index in [0.717, 1.165) is 0 Å². The second kappa shape index (κ2) is 11.5. The molecule has 11 nitrogen and oxygen atoms in total. The Labute approximate surface area is 215 Å². The summed E-state index contributed by atoms with van der Waals surface area (Å²) >= 11 is 0. The number of nitro benzene ring substituents is 1. The van der Waals surface area contributed by atoms with Gasteiger partial charge in [-0.2, -0.15) is 0 Å². The summed E-state index contributed by atoms with van der Waals surface area (Å²) in [6.45, 7) is 5.49. The van der Waals surface area contributed by atoms with Crippen molar-refractivity contribution >= 4 is 29.3 Å². The number of nitrogens with two attached hydrogens (primary N) is 1. The molecule has 0 fully saturated rings. The number of carbonyl (C=O) groups is 3. The van der Waals surface area contributed by atoms with E-state index in [1.54, 1.807) is 58.2 Å². The minimum atomic E-state index is -0.908. The zero-order valence-electron chi connectivity index (χ0n) is 21.3. The van der Waals surface area contributed by atoms with Crippen LogP contribution in [0.1, 0.15) is 49.2 Å². The van der Waals surface area contributed by atoms with Crippen molar-refractivity contribution in [3.05, 3.63) is 81.0 Å². The lowest BCUT2D eigenvalue weighted by Gasteiger charge is -2.38. The minimum Gasteiger partial charge on any atom is -0.459 e. The van der Waals surface area contributed by atoms with Gasteiger partial charge in [-0.1, -0.05) is 18.2 Å². The van der Waals surface area contributed by atoms with Gasteiger partial charge in [0, 0.05) is 49.2 Å². The van der Waals surface area contributed by atoms with E-state index in [-0.39, 0.29) is 23.7 Å². The Morgan fingerprint density at radius 2 is 1.92 bits per heavy atom. The maximum atomic E-state index is 13.1. The number of ether oxygens (including phenoxy) is 1. The highest BCUT2D eigenvalue weighted by Gasteiger charge is 2.39. The molecule has 2 aromatic rings. The summed E-state index contributed by atoms with van der Waals surface area (Å²) < 4.78 is 5.43. The molecule has 0 saturated heterocycles. The van der Waals surface area contributed by atoms with Gasteiger partial charge in [0.15, 0.2) is 0 Å². The first-order valence-electron chi connectivity index (χ1n) is 11.8. The van der Waals surface area contributed by atoms with Gasteiger partial charge in [-0.15, -0.1) is 0 Å². The molecule has 3 rings (SSSR count). The summed E-state index contributed by atoms with van der Waals surface area (Å²) in [4.78, 5) is 52.7. The van der Waals surface area contributed by atoms with Gasteiger partial charge < -0.3 is 25.6 Å². The number of benzene rings is 2. The average Bonchev–Trinajstić information content (AvgIpc) is 2.83. The number of nitro groups is 1. The maximum absolute atomic E-state index is 13.1. The van der Waals surface area contributed by atoms with Gasteiger partial charge in [-0.25, -0.2) is 9.59 Å². The second-order valence-electron chi connectivity index (χ2n) is 9.08. The number of urea groups is 1. The Balaban J connectivity index is 1.88. The Kier molecular flexibility index (Phi) is 8.49. The molecule has 3 amide bonds. The van der Waals surface area contributed by atoms with E-state index < -0.39 is 29.1 Å². The van der Waals surface area contributed by atoms with Gasteiger partial charge in [-0.3, -0.25) is 14.9 Å². The predicted molar refractivity (Wildman–Crippen MR) is 137 cm³/mol. The van der Waals surface area contributed by atoms with Crippen LogP contribution in [0.15, 0.2) is 59.8 Å². The van der Waals surface area contributed by atoms with Crippen LogP contribution in [0.4, 0.5) is 16.2 Å². The molecular formula is C26H31N5O6. The number of non-ortho nitro benzene ring substituents is 1. The molecule has 0 aliphatic carbocycles. The molecule has 1 heterocycles. The fraction of sp³-hybridized carbons (Fsp3) is 0.346. The van der Waals surface area contributed by atoms with E-state index >= 15 is 0 Å². The highest BCUT2D eigenvalue weighted by atomic mass is 16.6. The van der Waals surface area contributed by atoms with Crippen LogP contribution in [0.25, 0.3) is 0 Å². The summed E-state index contributed by atoms with van der Waals surface area (Å²) in [6.07, 6.45) is -0.0223. The van der Waals surface area contributed by atoms with Crippen LogP contribution in [-0.2, 0) is 9.53 Å². The number of hydrogen-bond donors (Lipinski definition) is 2. The highest BCUT2D eigenvalue weighted by Crippen LogP contribution is 2.36. The Bertz CT molecular complexity index is 1240. The molecule has 0 radical (unpaired) electrons. The molecule has 11 heteroatoms. The number of carbonyl (C=O) groups excluding carboxylic acids is 3. The van der Waals surface area contributed by atoms with Gasteiger partial charge >= 0.3 is 12.0 Å². The molecule has 0 spiro atoms. The summed E-state index contributed by atoms with van der Waals surface area (Å²) in [5.41, 5.74) is 7.46. The number of rotatable bonds is 9. The van der Waals surface area contributed by atoms with Crippen molar-refractivity contribution in [1.82, 2.24) is 15.1 Å². The molecule has 0 saturated carbocycles. The Hall–Kier alpha value is -4.41. The van der Waals surface area contributed by atoms with E-state index in [0.29, 0.717) is 35.5 Å². The maximum Gasteiger partial charge on any atom is 0.338 e. The Morgan fingerprint density at radius 1 is 1.22 bits per heavy atom. The summed E-state index contributed by atoms with van der Waals surface area (Å²) in [5.74, 6) is -0.842. The predicted octanol–water partition coefficient (Wildman–Crippen LogP) is 3.63. The lowest BCUT2D eigenvalue weighted by molar-refractivity contribution is -0.384. The molecule has 3 N–H and O–H groups in total. The number of allylic oxidation sites excluding steroid dienone is 1. The third kappa shape index (κ3) is 6.43. The first-order chi connectivity index (χ1) is 17.5. The molecule has 1 aliphatic heterocycles. The van der Waals surface area contributed by atoms with Gasteiger partial charge in [0.05, 0.1) is 22.6 Å². The van der Waals surface area contributed by atoms with Crippen LogP contribution in [0.5, 0.6) is 0 Å². The standard InChI is InChI=1S/C26H31N5O6/c1-16(2)37-25(33)22-17(3)28-26(34)30(23(22)18-8-6-11-21(15-18)31(35)36)13-7-12-29(4)24(32)19-9-5-10-20(27)14-19/h5-6,8-11,14-16,23H,7,12-13,27H2,1-4H3,(H,28,34). The van der Waals surface area contributed by atoms with Crippen LogP contribution in [-0.4, -0.2) is 58.9 Å². The van der Waals surface area contributed by atoms with Crippen molar-refractivity contribution < 1.29 is 24.0 Å². The molecule has 0 aromatic heterocycles. The summed E-state index contributed by atoms with van der Waals surface area (Å²) in [6, 6.07) is 11.1. The molecule has 196 valence electrons. The SMILES string of the molecule is CC1=C(C(=O)OC(C)C)C(c2cccc([N+](=O)[O-])c2)N(CCCN(C)C(=O)c2cccc(N)c2)C(=O)N1. The first-order valence-corrected chi connectivity index (χ1v) is 11.8. The molecule has 37 heavy (non-hydrogen) atoms. The molecule has 0 bridgehead atoms. The number of esters is 1. The fourth-order valence-corrected chi connectivity index (χ4v) is 4.18. The van der Waals surface area contributed by atoms with Gasteiger partial charge in [0.1, 0.15) is 0 Å². The van der Waals surface area contributed by atoms with E-state index in [2.05, 4.69) is 5.32 Å². The van der Waals surface area contributed by atoms with Crippen molar-refractivity contribution in [2.75, 3.05) is 25.9 Å². The second-order valence-corrected chi connectivity index (χ2v) is 9.08. The minimum absolute atomic E-state index is 0.162. The van der Waals surface area contributed by atoms with Crippen molar-refractivity contribution in [2.45, 2.75) is 39.3 Å². The number of nitrogens with zero attached hydrogens (tertiary/aromatic N) is 3. The lowest BCUT2D eigenvalue weighted by atomic mass is 9.93. The van der Waals surface area contributed by atoms with E-state index in [4.69, 9.17) is 10.5 Å². The fourth-order valence-electron chi connectivity index (χ4n) is 4.18. The normalized spacial score (nSPS) is 15.4. The lowest BCUT2D eigenvalue weighted by Crippen LogP contribution is -2.49. The molecule has 1 atom stereocenters. The van der Waals surface area contributed by atoms with Crippen LogP contribution in [0.3, 0.4) is 0 Å². The largest absolute Gasteiger partial charge is 0.459 e. The van der Waals surface area contributed by atoms with E-state index in [9.17, 15) is 24.5 Å². The summed E-state index contributed by atoms with van der Waals surface area (Å²) in [7, 11) is 1.65. The molecule has 2 aromatic carbocycles. The smallest absolute Gasteiger partial charge is 0.338 e. The quantitative estimate of drug-likeness (QED) is 0.227. The molecule has 1 aliphatic rings. The van der Waals surface area contributed by atoms with E-state index in [1.807, 2.05) is 0 Å². The third-order valence-electron chi connectivity index (χ3n) is 5.88. The van der Waals surface area contributed by atoms with Crippen LogP contribution in [0, 0.1) is 10.1 Å². The number of anilines is 1. The van der Waals surface area contributed by atoms with Crippen molar-refractivity contribution in [3.8, 4) is 0 Å². The van der Waals surface area contributed by atoms with Crippen molar-refractivity contribution in [3.63, 3.8) is 0 Å². The first kappa shape index (κ1) is 27.2. The van der Waals surface area contributed by atoms with E-state index in [1.165, 1.54) is 28.0 Å². The highest BCUT2D eigenvalue weighted by molar-refractivity contribution is 5.95. The number of nitrogen functional groups attached to an aromatic ring is 1. The van der Waals surface area contributed by atoms with Gasteiger partial charge in [0.25, 0.3) is 11.6 Å². The summed E-state index contributed by atoms with van der Waals surface area (Å²) in [5, 5.41) is 14.1. The van der Waals surface area contributed by atoms with Gasteiger partial charge in [0.2, 0.25) is 0 Å². The van der Waals surface area contributed by atoms with Crippen molar-refractivity contribution in [1.29, 1.82) is 0 Å². The Morgan fingerprint density at radius 3 is 2.57 bits per heavy atom. The molecular weight excluding hydrogens is 478 g/mol. The zero-order chi connectivity index (χ0) is 27.3. The van der Waals surface area contributed by atoms with Gasteiger partial charge in [-0.05, 0) is 51.0 Å². The average molecular weight is 510 g/mol. The number of hydrogen-bond acceptors (Lipinski definition) is 7.